The molecule has 0 N–H and O–H groups in total. The molecule has 2 aromatic carbocycles. The van der Waals surface area contributed by atoms with E-state index in [1.807, 2.05) is 36.4 Å². The third-order valence-electron chi connectivity index (χ3n) is 3.58. The zero-order valence-electron chi connectivity index (χ0n) is 10.0. The summed E-state index contributed by atoms with van der Waals surface area (Å²) in [6.07, 6.45) is 0.418. The first-order valence-electron chi connectivity index (χ1n) is 6.08. The quantitative estimate of drug-likeness (QED) is 0.752. The average Bonchev–Trinajstić information content (AvgIpc) is 2.84. The van der Waals surface area contributed by atoms with Gasteiger partial charge in [0, 0.05) is 0 Å². The molecule has 0 radical (unpaired) electrons. The van der Waals surface area contributed by atoms with Gasteiger partial charge >= 0.3 is 5.97 Å². The molecule has 2 nitrogen and oxygen atoms in total. The molecular weight excluding hydrogens is 224 g/mol. The van der Waals surface area contributed by atoms with Crippen molar-refractivity contribution < 1.29 is 9.53 Å². The standard InChI is InChI=1S/C16H14O2/c17-15-11-16(12-18-15,13-7-3-1-4-8-13)14-9-5-2-6-10-14/h1-10H,11-12H2. The van der Waals surface area contributed by atoms with Crippen LogP contribution in [-0.2, 0) is 14.9 Å². The second-order valence-electron chi connectivity index (χ2n) is 4.65. The normalized spacial score (nSPS) is 17.4. The first kappa shape index (κ1) is 11.0. The predicted octanol–water partition coefficient (Wildman–Crippen LogP) is 2.92. The third kappa shape index (κ3) is 1.70. The summed E-state index contributed by atoms with van der Waals surface area (Å²) in [7, 11) is 0. The lowest BCUT2D eigenvalue weighted by Crippen LogP contribution is -2.28. The smallest absolute Gasteiger partial charge is 0.307 e. The molecule has 1 fully saturated rings. The minimum atomic E-state index is -0.320. The summed E-state index contributed by atoms with van der Waals surface area (Å²) in [5.74, 6) is -0.122. The van der Waals surface area contributed by atoms with Crippen LogP contribution < -0.4 is 0 Å². The van der Waals surface area contributed by atoms with Crippen molar-refractivity contribution in [3.05, 3.63) is 71.8 Å². The Labute approximate surface area is 106 Å². The van der Waals surface area contributed by atoms with Crippen molar-refractivity contribution in [3.8, 4) is 0 Å². The molecule has 2 heteroatoms. The summed E-state index contributed by atoms with van der Waals surface area (Å²) >= 11 is 0. The van der Waals surface area contributed by atoms with Gasteiger partial charge in [-0.15, -0.1) is 0 Å². The predicted molar refractivity (Wildman–Crippen MR) is 69.2 cm³/mol. The Morgan fingerprint density at radius 3 is 1.72 bits per heavy atom. The van der Waals surface area contributed by atoms with Crippen LogP contribution in [0.5, 0.6) is 0 Å². The lowest BCUT2D eigenvalue weighted by Gasteiger charge is -2.27. The molecule has 1 saturated heterocycles. The van der Waals surface area contributed by atoms with Crippen molar-refractivity contribution in [3.63, 3.8) is 0 Å². The molecule has 0 amide bonds. The molecule has 0 saturated carbocycles. The van der Waals surface area contributed by atoms with Crippen LogP contribution in [-0.4, -0.2) is 12.6 Å². The molecule has 0 aliphatic carbocycles. The molecule has 1 heterocycles. The second kappa shape index (κ2) is 4.30. The highest BCUT2D eigenvalue weighted by atomic mass is 16.5. The Hall–Kier alpha value is -2.09. The van der Waals surface area contributed by atoms with E-state index < -0.39 is 0 Å². The summed E-state index contributed by atoms with van der Waals surface area (Å²) in [6, 6.07) is 20.2. The van der Waals surface area contributed by atoms with E-state index >= 15 is 0 Å². The van der Waals surface area contributed by atoms with E-state index in [9.17, 15) is 4.79 Å². The zero-order chi connectivity index (χ0) is 12.4. The number of benzene rings is 2. The number of ether oxygens (including phenoxy) is 1. The van der Waals surface area contributed by atoms with Crippen molar-refractivity contribution >= 4 is 5.97 Å². The van der Waals surface area contributed by atoms with Gasteiger partial charge in [-0.3, -0.25) is 4.79 Å². The third-order valence-corrected chi connectivity index (χ3v) is 3.58. The van der Waals surface area contributed by atoms with Gasteiger partial charge in [-0.05, 0) is 11.1 Å². The van der Waals surface area contributed by atoms with E-state index in [4.69, 9.17) is 4.74 Å². The first-order valence-corrected chi connectivity index (χ1v) is 6.08. The van der Waals surface area contributed by atoms with E-state index in [0.29, 0.717) is 13.0 Å². The summed E-state index contributed by atoms with van der Waals surface area (Å²) < 4.78 is 5.24. The van der Waals surface area contributed by atoms with Crippen LogP contribution in [0.1, 0.15) is 17.5 Å². The molecule has 3 rings (SSSR count). The van der Waals surface area contributed by atoms with Crippen molar-refractivity contribution in [2.24, 2.45) is 0 Å². The molecule has 0 bridgehead atoms. The molecule has 90 valence electrons. The van der Waals surface area contributed by atoms with Gasteiger partial charge in [-0.2, -0.15) is 0 Å². The minimum Gasteiger partial charge on any atom is -0.464 e. The number of hydrogen-bond donors (Lipinski definition) is 0. The minimum absolute atomic E-state index is 0.122. The summed E-state index contributed by atoms with van der Waals surface area (Å²) in [4.78, 5) is 11.6. The van der Waals surface area contributed by atoms with E-state index in [0.717, 1.165) is 11.1 Å². The number of carbonyl (C=O) groups is 1. The van der Waals surface area contributed by atoms with Gasteiger partial charge in [-0.1, -0.05) is 60.7 Å². The van der Waals surface area contributed by atoms with Crippen LogP contribution in [0, 0.1) is 0 Å². The molecule has 2 aromatic rings. The van der Waals surface area contributed by atoms with Crippen molar-refractivity contribution in [2.45, 2.75) is 11.8 Å². The maximum Gasteiger partial charge on any atom is 0.307 e. The fourth-order valence-electron chi connectivity index (χ4n) is 2.60. The van der Waals surface area contributed by atoms with Crippen LogP contribution in [0.25, 0.3) is 0 Å². The highest BCUT2D eigenvalue weighted by Crippen LogP contribution is 2.39. The van der Waals surface area contributed by atoms with Crippen molar-refractivity contribution in [1.29, 1.82) is 0 Å². The summed E-state index contributed by atoms with van der Waals surface area (Å²) in [5, 5.41) is 0. The Morgan fingerprint density at radius 1 is 0.833 bits per heavy atom. The fourth-order valence-corrected chi connectivity index (χ4v) is 2.60. The number of rotatable bonds is 2. The topological polar surface area (TPSA) is 26.3 Å². The van der Waals surface area contributed by atoms with Gasteiger partial charge in [0.2, 0.25) is 0 Å². The largest absolute Gasteiger partial charge is 0.464 e. The number of cyclic esters (lactones) is 1. The van der Waals surface area contributed by atoms with Crippen molar-refractivity contribution in [1.82, 2.24) is 0 Å². The average molecular weight is 238 g/mol. The summed E-state index contributed by atoms with van der Waals surface area (Å²) in [6.45, 7) is 0.430. The zero-order valence-corrected chi connectivity index (χ0v) is 10.0. The molecular formula is C16H14O2. The summed E-state index contributed by atoms with van der Waals surface area (Å²) in [5.41, 5.74) is 1.96. The lowest BCUT2D eigenvalue weighted by atomic mass is 9.74. The number of carbonyl (C=O) groups excluding carboxylic acids is 1. The number of hydrogen-bond acceptors (Lipinski definition) is 2. The molecule has 0 spiro atoms. The second-order valence-corrected chi connectivity index (χ2v) is 4.65. The van der Waals surface area contributed by atoms with Crippen LogP contribution in [0.4, 0.5) is 0 Å². The Morgan fingerprint density at radius 2 is 1.33 bits per heavy atom. The fraction of sp³-hybridized carbons (Fsp3) is 0.188. The van der Waals surface area contributed by atoms with Gasteiger partial charge in [0.1, 0.15) is 6.61 Å². The van der Waals surface area contributed by atoms with E-state index in [1.165, 1.54) is 0 Å². The SMILES string of the molecule is O=C1CC(c2ccccc2)(c2ccccc2)CO1. The van der Waals surface area contributed by atoms with Gasteiger partial charge in [0.15, 0.2) is 0 Å². The Bertz CT molecular complexity index is 506. The highest BCUT2D eigenvalue weighted by molar-refractivity contribution is 5.76. The van der Waals surface area contributed by atoms with Crippen LogP contribution in [0.15, 0.2) is 60.7 Å². The van der Waals surface area contributed by atoms with E-state index in [2.05, 4.69) is 24.3 Å². The maximum absolute atomic E-state index is 11.6. The highest BCUT2D eigenvalue weighted by Gasteiger charge is 2.43. The van der Waals surface area contributed by atoms with Gasteiger partial charge < -0.3 is 4.74 Å². The van der Waals surface area contributed by atoms with Gasteiger partial charge in [0.05, 0.1) is 11.8 Å². The monoisotopic (exact) mass is 238 g/mol. The Kier molecular flexibility index (Phi) is 2.63. The molecule has 1 aliphatic heterocycles. The number of esters is 1. The lowest BCUT2D eigenvalue weighted by molar-refractivity contribution is -0.137. The van der Waals surface area contributed by atoms with E-state index in [1.54, 1.807) is 0 Å². The van der Waals surface area contributed by atoms with Crippen LogP contribution in [0.2, 0.25) is 0 Å². The molecule has 18 heavy (non-hydrogen) atoms. The Balaban J connectivity index is 2.14. The van der Waals surface area contributed by atoms with Crippen molar-refractivity contribution in [2.75, 3.05) is 6.61 Å². The van der Waals surface area contributed by atoms with Gasteiger partial charge in [-0.25, -0.2) is 0 Å². The molecule has 0 atom stereocenters. The molecule has 0 unspecified atom stereocenters. The molecule has 1 aliphatic rings. The first-order chi connectivity index (χ1) is 8.81. The van der Waals surface area contributed by atoms with Crippen LogP contribution in [0.3, 0.4) is 0 Å². The van der Waals surface area contributed by atoms with E-state index in [-0.39, 0.29) is 11.4 Å². The van der Waals surface area contributed by atoms with Gasteiger partial charge in [0.25, 0.3) is 0 Å². The maximum atomic E-state index is 11.6. The van der Waals surface area contributed by atoms with Crippen LogP contribution >= 0.6 is 0 Å². The molecule has 0 aromatic heterocycles.